The van der Waals surface area contributed by atoms with Gasteiger partial charge < -0.3 is 10.1 Å². The molecule has 132 valence electrons. The van der Waals surface area contributed by atoms with Crippen LogP contribution in [0.1, 0.15) is 17.5 Å². The van der Waals surface area contributed by atoms with Gasteiger partial charge in [0, 0.05) is 11.9 Å². The zero-order chi connectivity index (χ0) is 18.2. The highest BCUT2D eigenvalue weighted by atomic mass is 35.5. The van der Waals surface area contributed by atoms with E-state index in [0.29, 0.717) is 18.1 Å². The third kappa shape index (κ3) is 5.04. The molecule has 0 aliphatic rings. The van der Waals surface area contributed by atoms with Gasteiger partial charge in [-0.1, -0.05) is 60.2 Å². The average molecular weight is 368 g/mol. The Morgan fingerprint density at radius 3 is 2.85 bits per heavy atom. The normalized spacial score (nSPS) is 11.0. The van der Waals surface area contributed by atoms with Crippen molar-refractivity contribution in [3.8, 4) is 0 Å². The maximum atomic E-state index is 11.6. The molecule has 3 rings (SSSR count). The SMILES string of the molecule is O=C(NCCC=Cc1ccc2c(Cl)ncnc2c1)OCc1ccccc1. The molecule has 3 aromatic rings. The minimum atomic E-state index is -0.417. The highest BCUT2D eigenvalue weighted by Gasteiger charge is 2.02. The van der Waals surface area contributed by atoms with Crippen molar-refractivity contribution in [1.29, 1.82) is 0 Å². The first-order valence-corrected chi connectivity index (χ1v) is 8.61. The van der Waals surface area contributed by atoms with Crippen molar-refractivity contribution in [2.45, 2.75) is 13.0 Å². The highest BCUT2D eigenvalue weighted by Crippen LogP contribution is 2.20. The molecule has 1 amide bonds. The standard InChI is InChI=1S/C20H18ClN3O2/c21-19-17-10-9-15(12-18(17)23-14-24-19)6-4-5-11-22-20(25)26-13-16-7-2-1-3-8-16/h1-4,6-10,12,14H,5,11,13H2,(H,22,25). The van der Waals surface area contributed by atoms with Gasteiger partial charge in [-0.25, -0.2) is 14.8 Å². The summed E-state index contributed by atoms with van der Waals surface area (Å²) in [7, 11) is 0. The number of carbonyl (C=O) groups is 1. The molecule has 0 unspecified atom stereocenters. The van der Waals surface area contributed by atoms with Crippen LogP contribution in [0, 0.1) is 0 Å². The second-order valence-electron chi connectivity index (χ2n) is 5.62. The molecule has 5 nitrogen and oxygen atoms in total. The number of halogens is 1. The zero-order valence-corrected chi connectivity index (χ0v) is 14.8. The number of hydrogen-bond acceptors (Lipinski definition) is 4. The first kappa shape index (κ1) is 17.9. The van der Waals surface area contributed by atoms with Crippen LogP contribution in [-0.4, -0.2) is 22.6 Å². The number of benzene rings is 2. The van der Waals surface area contributed by atoms with Crippen molar-refractivity contribution in [3.05, 3.63) is 77.2 Å². The second kappa shape index (κ2) is 8.97. The Bertz CT molecular complexity index is 913. The van der Waals surface area contributed by atoms with E-state index < -0.39 is 6.09 Å². The van der Waals surface area contributed by atoms with Crippen LogP contribution >= 0.6 is 11.6 Å². The lowest BCUT2D eigenvalue weighted by molar-refractivity contribution is 0.140. The van der Waals surface area contributed by atoms with Gasteiger partial charge in [0.1, 0.15) is 18.1 Å². The number of fused-ring (bicyclic) bond motifs is 1. The van der Waals surface area contributed by atoms with E-state index in [1.807, 2.05) is 60.7 Å². The molecule has 0 aliphatic carbocycles. The molecular weight excluding hydrogens is 350 g/mol. The Balaban J connectivity index is 1.42. The van der Waals surface area contributed by atoms with Crippen LogP contribution in [0.5, 0.6) is 0 Å². The highest BCUT2D eigenvalue weighted by molar-refractivity contribution is 6.34. The molecule has 0 radical (unpaired) electrons. The van der Waals surface area contributed by atoms with Crippen LogP contribution in [0.2, 0.25) is 5.15 Å². The molecule has 0 saturated carbocycles. The maximum absolute atomic E-state index is 11.6. The molecule has 0 spiro atoms. The van der Waals surface area contributed by atoms with Crippen LogP contribution in [0.3, 0.4) is 0 Å². The number of rotatable bonds is 6. The minimum absolute atomic E-state index is 0.268. The molecule has 0 aliphatic heterocycles. The molecule has 0 saturated heterocycles. The predicted octanol–water partition coefficient (Wildman–Crippen LogP) is 4.61. The Morgan fingerprint density at radius 1 is 1.15 bits per heavy atom. The largest absolute Gasteiger partial charge is 0.445 e. The Morgan fingerprint density at radius 2 is 2.00 bits per heavy atom. The maximum Gasteiger partial charge on any atom is 0.407 e. The fraction of sp³-hybridized carbons (Fsp3) is 0.150. The lowest BCUT2D eigenvalue weighted by Gasteiger charge is -2.06. The molecule has 1 heterocycles. The molecule has 6 heteroatoms. The summed E-state index contributed by atoms with van der Waals surface area (Å²) >= 11 is 6.03. The van der Waals surface area contributed by atoms with E-state index in [9.17, 15) is 4.79 Å². The van der Waals surface area contributed by atoms with Crippen molar-refractivity contribution in [2.75, 3.05) is 6.54 Å². The number of nitrogens with zero attached hydrogens (tertiary/aromatic N) is 2. The van der Waals surface area contributed by atoms with Gasteiger partial charge in [0.2, 0.25) is 0 Å². The molecule has 1 aromatic heterocycles. The fourth-order valence-corrected chi connectivity index (χ4v) is 2.60. The van der Waals surface area contributed by atoms with Crippen molar-refractivity contribution in [3.63, 3.8) is 0 Å². The zero-order valence-electron chi connectivity index (χ0n) is 14.1. The quantitative estimate of drug-likeness (QED) is 0.510. The number of aromatic nitrogens is 2. The van der Waals surface area contributed by atoms with E-state index in [4.69, 9.17) is 16.3 Å². The summed E-state index contributed by atoms with van der Waals surface area (Å²) in [5.74, 6) is 0. The molecule has 0 fully saturated rings. The summed E-state index contributed by atoms with van der Waals surface area (Å²) in [5, 5.41) is 4.00. The summed E-state index contributed by atoms with van der Waals surface area (Å²) in [6, 6.07) is 15.4. The molecule has 26 heavy (non-hydrogen) atoms. The summed E-state index contributed by atoms with van der Waals surface area (Å²) in [6.07, 6.45) is 5.69. The van der Waals surface area contributed by atoms with Crippen molar-refractivity contribution < 1.29 is 9.53 Å². The van der Waals surface area contributed by atoms with E-state index in [2.05, 4.69) is 15.3 Å². The van der Waals surface area contributed by atoms with E-state index in [1.165, 1.54) is 6.33 Å². The monoisotopic (exact) mass is 367 g/mol. The van der Waals surface area contributed by atoms with Gasteiger partial charge in [-0.2, -0.15) is 0 Å². The van der Waals surface area contributed by atoms with Crippen LogP contribution < -0.4 is 5.32 Å². The van der Waals surface area contributed by atoms with E-state index >= 15 is 0 Å². The lowest BCUT2D eigenvalue weighted by atomic mass is 10.1. The van der Waals surface area contributed by atoms with Crippen LogP contribution in [0.4, 0.5) is 4.79 Å². The van der Waals surface area contributed by atoms with Crippen LogP contribution in [0.25, 0.3) is 17.0 Å². The van der Waals surface area contributed by atoms with Crippen LogP contribution in [0.15, 0.2) is 60.9 Å². The molecular formula is C20H18ClN3O2. The molecule has 2 aromatic carbocycles. The molecule has 0 atom stereocenters. The number of amides is 1. The first-order chi connectivity index (χ1) is 12.7. The third-order valence-electron chi connectivity index (χ3n) is 3.72. The van der Waals surface area contributed by atoms with Gasteiger partial charge in [-0.15, -0.1) is 0 Å². The second-order valence-corrected chi connectivity index (χ2v) is 5.98. The average Bonchev–Trinajstić information content (AvgIpc) is 2.67. The Hall–Kier alpha value is -2.92. The smallest absolute Gasteiger partial charge is 0.407 e. The van der Waals surface area contributed by atoms with E-state index in [0.717, 1.165) is 22.0 Å². The fourth-order valence-electron chi connectivity index (χ4n) is 2.40. The van der Waals surface area contributed by atoms with Gasteiger partial charge >= 0.3 is 6.09 Å². The Kier molecular flexibility index (Phi) is 6.17. The summed E-state index contributed by atoms with van der Waals surface area (Å²) < 4.78 is 5.15. The van der Waals surface area contributed by atoms with E-state index in [-0.39, 0.29) is 6.61 Å². The van der Waals surface area contributed by atoms with Crippen molar-refractivity contribution in [1.82, 2.24) is 15.3 Å². The number of ether oxygens (including phenoxy) is 1. The Labute approximate surface area is 156 Å². The van der Waals surface area contributed by atoms with Gasteiger partial charge in [0.15, 0.2) is 0 Å². The predicted molar refractivity (Wildman–Crippen MR) is 103 cm³/mol. The third-order valence-corrected chi connectivity index (χ3v) is 4.02. The first-order valence-electron chi connectivity index (χ1n) is 8.24. The van der Waals surface area contributed by atoms with Gasteiger partial charge in [-0.05, 0) is 29.7 Å². The number of hydrogen-bond donors (Lipinski definition) is 1. The van der Waals surface area contributed by atoms with Crippen molar-refractivity contribution in [2.24, 2.45) is 0 Å². The number of alkyl carbamates (subject to hydrolysis) is 1. The molecule has 0 bridgehead atoms. The van der Waals surface area contributed by atoms with Gasteiger partial charge in [0.25, 0.3) is 0 Å². The summed E-state index contributed by atoms with van der Waals surface area (Å²) in [6.45, 7) is 0.774. The van der Waals surface area contributed by atoms with Crippen LogP contribution in [-0.2, 0) is 11.3 Å². The lowest BCUT2D eigenvalue weighted by Crippen LogP contribution is -2.24. The van der Waals surface area contributed by atoms with E-state index in [1.54, 1.807) is 0 Å². The topological polar surface area (TPSA) is 64.1 Å². The van der Waals surface area contributed by atoms with Crippen molar-refractivity contribution >= 4 is 34.7 Å². The van der Waals surface area contributed by atoms with Gasteiger partial charge in [0.05, 0.1) is 5.52 Å². The number of nitrogens with one attached hydrogen (secondary N) is 1. The minimum Gasteiger partial charge on any atom is -0.445 e. The van der Waals surface area contributed by atoms with Gasteiger partial charge in [-0.3, -0.25) is 0 Å². The summed E-state index contributed by atoms with van der Waals surface area (Å²) in [5.41, 5.74) is 2.77. The number of carbonyl (C=O) groups excluding carboxylic acids is 1. The summed E-state index contributed by atoms with van der Waals surface area (Å²) in [4.78, 5) is 19.8. The molecule has 1 N–H and O–H groups in total.